The van der Waals surface area contributed by atoms with Crippen molar-refractivity contribution in [1.29, 1.82) is 5.26 Å². The van der Waals surface area contributed by atoms with E-state index in [4.69, 9.17) is 10.00 Å². The lowest BCUT2D eigenvalue weighted by atomic mass is 10.2. The second-order valence-electron chi connectivity index (χ2n) is 6.62. The lowest BCUT2D eigenvalue weighted by Gasteiger charge is -2.35. The Kier molecular flexibility index (Phi) is 6.21. The smallest absolute Gasteiger partial charge is 0.251 e. The zero-order valence-electron chi connectivity index (χ0n) is 14.8. The van der Waals surface area contributed by atoms with Crippen molar-refractivity contribution in [3.63, 3.8) is 0 Å². The first-order chi connectivity index (χ1) is 12.7. The first-order valence-electron chi connectivity index (χ1n) is 9.09. The summed E-state index contributed by atoms with van der Waals surface area (Å²) in [7, 11) is 0. The third-order valence-electron chi connectivity index (χ3n) is 4.87. The van der Waals surface area contributed by atoms with Gasteiger partial charge >= 0.3 is 0 Å². The highest BCUT2D eigenvalue weighted by Crippen LogP contribution is 2.16. The van der Waals surface area contributed by atoms with Crippen LogP contribution in [0.2, 0.25) is 0 Å². The van der Waals surface area contributed by atoms with Crippen LogP contribution in [0, 0.1) is 11.3 Å². The summed E-state index contributed by atoms with van der Waals surface area (Å²) >= 11 is 0. The molecule has 1 aromatic rings. The minimum absolute atomic E-state index is 0.105. The number of nitrogens with zero attached hydrogens (tertiary/aromatic N) is 3. The Morgan fingerprint density at radius 2 is 2.00 bits per heavy atom. The molecule has 1 unspecified atom stereocenters. The molecular formula is C19H24N4O3. The van der Waals surface area contributed by atoms with Crippen LogP contribution in [0.4, 0.5) is 5.69 Å². The monoisotopic (exact) mass is 356 g/mol. The third kappa shape index (κ3) is 4.59. The number of piperazine rings is 1. The van der Waals surface area contributed by atoms with Gasteiger partial charge in [0.05, 0.1) is 11.3 Å². The molecular weight excluding hydrogens is 332 g/mol. The molecule has 1 aromatic carbocycles. The van der Waals surface area contributed by atoms with Gasteiger partial charge < -0.3 is 15.0 Å². The molecule has 2 amide bonds. The molecule has 7 heteroatoms. The van der Waals surface area contributed by atoms with E-state index in [1.807, 2.05) is 4.90 Å². The maximum absolute atomic E-state index is 12.3. The van der Waals surface area contributed by atoms with E-state index in [-0.39, 0.29) is 17.9 Å². The number of ether oxygens (including phenoxy) is 1. The number of hydrogen-bond donors (Lipinski definition) is 1. The van der Waals surface area contributed by atoms with E-state index >= 15 is 0 Å². The summed E-state index contributed by atoms with van der Waals surface area (Å²) in [6.07, 6.45) is 1.89. The van der Waals surface area contributed by atoms with Gasteiger partial charge in [0.2, 0.25) is 5.91 Å². The average Bonchev–Trinajstić information content (AvgIpc) is 3.21. The maximum Gasteiger partial charge on any atom is 0.251 e. The Balaban J connectivity index is 1.40. The van der Waals surface area contributed by atoms with E-state index in [9.17, 15) is 9.59 Å². The topological polar surface area (TPSA) is 85.7 Å². The van der Waals surface area contributed by atoms with Crippen LogP contribution >= 0.6 is 0 Å². The Bertz CT molecular complexity index is 686. The maximum atomic E-state index is 12.3. The summed E-state index contributed by atoms with van der Waals surface area (Å²) in [5.74, 6) is -0.00133. The van der Waals surface area contributed by atoms with Crippen molar-refractivity contribution < 1.29 is 14.3 Å². The molecule has 2 aliphatic heterocycles. The fourth-order valence-corrected chi connectivity index (χ4v) is 3.33. The second-order valence-corrected chi connectivity index (χ2v) is 6.62. The molecule has 2 fully saturated rings. The minimum Gasteiger partial charge on any atom is -0.368 e. The van der Waals surface area contributed by atoms with E-state index in [2.05, 4.69) is 16.3 Å². The first kappa shape index (κ1) is 18.4. The highest BCUT2D eigenvalue weighted by Gasteiger charge is 2.30. The van der Waals surface area contributed by atoms with E-state index in [0.29, 0.717) is 43.9 Å². The molecule has 2 aliphatic rings. The van der Waals surface area contributed by atoms with Crippen LogP contribution in [0.15, 0.2) is 24.3 Å². The molecule has 0 aliphatic carbocycles. The number of benzene rings is 1. The molecule has 2 heterocycles. The van der Waals surface area contributed by atoms with E-state index < -0.39 is 0 Å². The van der Waals surface area contributed by atoms with E-state index in [1.165, 1.54) is 0 Å². The van der Waals surface area contributed by atoms with Crippen molar-refractivity contribution in [3.8, 4) is 6.07 Å². The molecule has 0 radical (unpaired) electrons. The van der Waals surface area contributed by atoms with Crippen molar-refractivity contribution in [2.24, 2.45) is 0 Å². The van der Waals surface area contributed by atoms with Gasteiger partial charge in [0, 0.05) is 45.8 Å². The minimum atomic E-state index is -0.257. The highest BCUT2D eigenvalue weighted by atomic mass is 16.5. The summed E-state index contributed by atoms with van der Waals surface area (Å²) in [4.78, 5) is 28.5. The van der Waals surface area contributed by atoms with Gasteiger partial charge in [0.25, 0.3) is 5.91 Å². The molecule has 26 heavy (non-hydrogen) atoms. The molecule has 2 saturated heterocycles. The zero-order chi connectivity index (χ0) is 18.4. The van der Waals surface area contributed by atoms with Gasteiger partial charge in [-0.3, -0.25) is 14.5 Å². The molecule has 3 rings (SSSR count). The van der Waals surface area contributed by atoms with Crippen LogP contribution < -0.4 is 5.32 Å². The number of rotatable bonds is 5. The normalized spacial score (nSPS) is 20.6. The van der Waals surface area contributed by atoms with Crippen LogP contribution in [0.5, 0.6) is 0 Å². The summed E-state index contributed by atoms with van der Waals surface area (Å²) in [6.45, 7) is 4.21. The second kappa shape index (κ2) is 8.79. The van der Waals surface area contributed by atoms with Gasteiger partial charge in [-0.05, 0) is 25.0 Å². The van der Waals surface area contributed by atoms with Crippen LogP contribution in [-0.4, -0.2) is 67.0 Å². The Labute approximate surface area is 153 Å². The van der Waals surface area contributed by atoms with Crippen LogP contribution in [0.25, 0.3) is 0 Å². The molecule has 1 atom stereocenters. The number of hydrogen-bond acceptors (Lipinski definition) is 5. The fourth-order valence-electron chi connectivity index (χ4n) is 3.33. The summed E-state index contributed by atoms with van der Waals surface area (Å²) in [5.41, 5.74) is 1.01. The number of para-hydroxylation sites is 1. The molecule has 7 nitrogen and oxygen atoms in total. The van der Waals surface area contributed by atoms with Gasteiger partial charge in [-0.15, -0.1) is 0 Å². The third-order valence-corrected chi connectivity index (χ3v) is 4.87. The van der Waals surface area contributed by atoms with Crippen LogP contribution in [0.3, 0.4) is 0 Å². The summed E-state index contributed by atoms with van der Waals surface area (Å²) in [6, 6.07) is 9.04. The van der Waals surface area contributed by atoms with E-state index in [1.54, 1.807) is 24.3 Å². The van der Waals surface area contributed by atoms with Crippen LogP contribution in [-0.2, 0) is 14.3 Å². The van der Waals surface area contributed by atoms with Gasteiger partial charge in [-0.1, -0.05) is 12.1 Å². The first-order valence-corrected chi connectivity index (χ1v) is 9.09. The number of anilines is 1. The summed E-state index contributed by atoms with van der Waals surface area (Å²) in [5, 5.41) is 11.9. The molecule has 0 aromatic heterocycles. The summed E-state index contributed by atoms with van der Waals surface area (Å²) < 4.78 is 5.47. The molecule has 0 spiro atoms. The van der Waals surface area contributed by atoms with Gasteiger partial charge in [0.15, 0.2) is 0 Å². The lowest BCUT2D eigenvalue weighted by Crippen LogP contribution is -2.51. The molecule has 1 N–H and O–H groups in total. The standard InChI is InChI=1S/C19H24N4O3/c20-14-15-4-1-2-5-16(15)21-18(24)7-8-22-9-11-23(12-10-22)19(25)17-6-3-13-26-17/h1-2,4-5,17H,3,6-13H2,(H,21,24). The van der Waals surface area contributed by atoms with Crippen LogP contribution in [0.1, 0.15) is 24.8 Å². The fraction of sp³-hybridized carbons (Fsp3) is 0.526. The predicted molar refractivity (Wildman–Crippen MR) is 96.4 cm³/mol. The van der Waals surface area contributed by atoms with E-state index in [0.717, 1.165) is 25.9 Å². The van der Waals surface area contributed by atoms with Gasteiger partial charge in [-0.25, -0.2) is 0 Å². The van der Waals surface area contributed by atoms with Gasteiger partial charge in [0.1, 0.15) is 12.2 Å². The van der Waals surface area contributed by atoms with Crippen molar-refractivity contribution in [2.45, 2.75) is 25.4 Å². The average molecular weight is 356 g/mol. The SMILES string of the molecule is N#Cc1ccccc1NC(=O)CCN1CCN(C(=O)C2CCCO2)CC1. The zero-order valence-corrected chi connectivity index (χ0v) is 14.8. The quantitative estimate of drug-likeness (QED) is 0.857. The van der Waals surface area contributed by atoms with Gasteiger partial charge in [-0.2, -0.15) is 5.26 Å². The van der Waals surface area contributed by atoms with Crippen molar-refractivity contribution in [3.05, 3.63) is 29.8 Å². The largest absolute Gasteiger partial charge is 0.368 e. The van der Waals surface area contributed by atoms with Crippen molar-refractivity contribution >= 4 is 17.5 Å². The Morgan fingerprint density at radius 3 is 2.69 bits per heavy atom. The predicted octanol–water partition coefficient (Wildman–Crippen LogP) is 1.21. The number of carbonyl (C=O) groups excluding carboxylic acids is 2. The highest BCUT2D eigenvalue weighted by molar-refractivity contribution is 5.92. The number of nitrogens with one attached hydrogen (secondary N) is 1. The molecule has 0 saturated carbocycles. The molecule has 138 valence electrons. The lowest BCUT2D eigenvalue weighted by molar-refractivity contribution is -0.142. The number of amides is 2. The van der Waals surface area contributed by atoms with Crippen molar-refractivity contribution in [1.82, 2.24) is 9.80 Å². The Hall–Kier alpha value is -2.43. The van der Waals surface area contributed by atoms with Crippen molar-refractivity contribution in [2.75, 3.05) is 44.6 Å². The Morgan fingerprint density at radius 1 is 1.23 bits per heavy atom. The number of nitriles is 1. The number of carbonyl (C=O) groups is 2. The molecule has 0 bridgehead atoms.